The maximum atomic E-state index is 13.0. The van der Waals surface area contributed by atoms with Crippen LogP contribution in [-0.4, -0.2) is 46.3 Å². The summed E-state index contributed by atoms with van der Waals surface area (Å²) in [5, 5.41) is 7.79. The molecule has 0 spiro atoms. The summed E-state index contributed by atoms with van der Waals surface area (Å²) in [6, 6.07) is 0.363. The van der Waals surface area contributed by atoms with E-state index in [1.54, 1.807) is 6.20 Å². The van der Waals surface area contributed by atoms with E-state index >= 15 is 0 Å². The second-order valence-electron chi connectivity index (χ2n) is 6.70. The molecule has 1 N–H and O–H groups in total. The minimum Gasteiger partial charge on any atom is -0.335 e. The smallest absolute Gasteiger partial charge is 0.257 e. The first-order valence-corrected chi connectivity index (χ1v) is 8.58. The summed E-state index contributed by atoms with van der Waals surface area (Å²) in [6.07, 6.45) is 4.84. The van der Waals surface area contributed by atoms with E-state index in [9.17, 15) is 4.79 Å². The molecule has 2 heterocycles. The van der Waals surface area contributed by atoms with Crippen LogP contribution in [0, 0.1) is 12.8 Å². The fourth-order valence-corrected chi connectivity index (χ4v) is 3.15. The van der Waals surface area contributed by atoms with E-state index in [4.69, 9.17) is 0 Å². The van der Waals surface area contributed by atoms with Gasteiger partial charge in [-0.25, -0.2) is 0 Å². The van der Waals surface area contributed by atoms with E-state index in [0.29, 0.717) is 12.0 Å². The normalized spacial score (nSPS) is 16.2. The molecule has 0 radical (unpaired) electrons. The lowest BCUT2D eigenvalue weighted by molar-refractivity contribution is 0.0641. The van der Waals surface area contributed by atoms with Crippen LogP contribution in [0.2, 0.25) is 0 Å². The minimum absolute atomic E-state index is 0.154. The molecule has 1 aromatic heterocycles. The van der Waals surface area contributed by atoms with Crippen molar-refractivity contribution in [1.82, 2.24) is 20.0 Å². The van der Waals surface area contributed by atoms with Gasteiger partial charge in [-0.15, -0.1) is 0 Å². The zero-order valence-electron chi connectivity index (χ0n) is 14.4. The average molecular weight is 306 g/mol. The summed E-state index contributed by atoms with van der Waals surface area (Å²) in [5.41, 5.74) is 1.77. The molecule has 0 atom stereocenters. The van der Waals surface area contributed by atoms with Crippen LogP contribution in [0.25, 0.3) is 0 Å². The van der Waals surface area contributed by atoms with Crippen LogP contribution in [0.4, 0.5) is 0 Å². The Labute approximate surface area is 134 Å². The molecule has 1 aromatic rings. The quantitative estimate of drug-likeness (QED) is 0.878. The monoisotopic (exact) mass is 306 g/mol. The van der Waals surface area contributed by atoms with Crippen LogP contribution < -0.4 is 5.32 Å². The summed E-state index contributed by atoms with van der Waals surface area (Å²) in [4.78, 5) is 15.1. The molecule has 1 amide bonds. The first kappa shape index (κ1) is 17.0. The predicted octanol–water partition coefficient (Wildman–Crippen LogP) is 2.45. The van der Waals surface area contributed by atoms with Gasteiger partial charge < -0.3 is 10.2 Å². The largest absolute Gasteiger partial charge is 0.335 e. The molecule has 1 saturated heterocycles. The number of carbonyl (C=O) groups excluding carboxylic acids is 1. The highest BCUT2D eigenvalue weighted by Crippen LogP contribution is 2.18. The van der Waals surface area contributed by atoms with Crippen LogP contribution in [-0.2, 0) is 6.54 Å². The number of rotatable bonds is 6. The molecule has 5 heteroatoms. The van der Waals surface area contributed by atoms with Gasteiger partial charge in [0.2, 0.25) is 0 Å². The Hall–Kier alpha value is -1.36. The number of nitrogens with one attached hydrogen (secondary N) is 1. The predicted molar refractivity (Wildman–Crippen MR) is 89.0 cm³/mol. The molecule has 1 aliphatic heterocycles. The summed E-state index contributed by atoms with van der Waals surface area (Å²) >= 11 is 0. The lowest BCUT2D eigenvalue weighted by Crippen LogP contribution is -2.46. The van der Waals surface area contributed by atoms with Gasteiger partial charge in [0.05, 0.1) is 11.8 Å². The average Bonchev–Trinajstić information content (AvgIpc) is 2.85. The third-order valence-corrected chi connectivity index (χ3v) is 4.35. The summed E-state index contributed by atoms with van der Waals surface area (Å²) in [7, 11) is 0. The van der Waals surface area contributed by atoms with Crippen molar-refractivity contribution in [3.8, 4) is 0 Å². The van der Waals surface area contributed by atoms with E-state index in [1.807, 2.05) is 11.6 Å². The van der Waals surface area contributed by atoms with Crippen LogP contribution in [0.3, 0.4) is 0 Å². The number of aromatic nitrogens is 2. The van der Waals surface area contributed by atoms with Gasteiger partial charge in [-0.1, -0.05) is 20.8 Å². The maximum absolute atomic E-state index is 13.0. The lowest BCUT2D eigenvalue weighted by atomic mass is 10.0. The Morgan fingerprint density at radius 2 is 2.14 bits per heavy atom. The molecule has 22 heavy (non-hydrogen) atoms. The van der Waals surface area contributed by atoms with Crippen molar-refractivity contribution in [2.24, 2.45) is 5.92 Å². The molecule has 124 valence electrons. The Bertz CT molecular complexity index is 489. The third kappa shape index (κ3) is 3.88. The van der Waals surface area contributed by atoms with Gasteiger partial charge in [-0.2, -0.15) is 5.10 Å². The topological polar surface area (TPSA) is 50.2 Å². The van der Waals surface area contributed by atoms with Crippen molar-refractivity contribution in [2.75, 3.05) is 19.6 Å². The Balaban J connectivity index is 2.17. The Morgan fingerprint density at radius 1 is 1.45 bits per heavy atom. The Kier molecular flexibility index (Phi) is 6.00. The van der Waals surface area contributed by atoms with Crippen molar-refractivity contribution >= 4 is 5.91 Å². The molecular weight excluding hydrogens is 276 g/mol. The molecule has 0 aliphatic carbocycles. The maximum Gasteiger partial charge on any atom is 0.257 e. The third-order valence-electron chi connectivity index (χ3n) is 4.35. The van der Waals surface area contributed by atoms with E-state index in [-0.39, 0.29) is 5.91 Å². The fourth-order valence-electron chi connectivity index (χ4n) is 3.15. The van der Waals surface area contributed by atoms with Crippen LogP contribution in [0.1, 0.15) is 56.1 Å². The minimum atomic E-state index is 0.154. The number of amides is 1. The van der Waals surface area contributed by atoms with Gasteiger partial charge in [0.15, 0.2) is 0 Å². The number of piperidine rings is 1. The molecule has 5 nitrogen and oxygen atoms in total. The molecule has 2 rings (SSSR count). The second-order valence-corrected chi connectivity index (χ2v) is 6.70. The van der Waals surface area contributed by atoms with Crippen molar-refractivity contribution in [1.29, 1.82) is 0 Å². The van der Waals surface area contributed by atoms with E-state index in [0.717, 1.165) is 56.7 Å². The van der Waals surface area contributed by atoms with Crippen LogP contribution in [0.15, 0.2) is 6.20 Å². The SMILES string of the molecule is CCCN(C(=O)c1cnn(CC(C)C)c1C)C1CCNCC1. The molecule has 0 aromatic carbocycles. The number of carbonyl (C=O) groups is 1. The van der Waals surface area contributed by atoms with E-state index < -0.39 is 0 Å². The summed E-state index contributed by atoms with van der Waals surface area (Å²) in [6.45, 7) is 12.2. The summed E-state index contributed by atoms with van der Waals surface area (Å²) < 4.78 is 1.96. The van der Waals surface area contributed by atoms with Crippen molar-refractivity contribution in [3.63, 3.8) is 0 Å². The zero-order valence-corrected chi connectivity index (χ0v) is 14.4. The van der Waals surface area contributed by atoms with Gasteiger partial charge in [0.25, 0.3) is 5.91 Å². The first-order chi connectivity index (χ1) is 10.5. The highest BCUT2D eigenvalue weighted by Gasteiger charge is 2.27. The van der Waals surface area contributed by atoms with Crippen molar-refractivity contribution < 1.29 is 4.79 Å². The molecule has 0 unspecified atom stereocenters. The second kappa shape index (κ2) is 7.77. The molecule has 1 aliphatic rings. The molecule has 1 fully saturated rings. The Morgan fingerprint density at radius 3 is 2.73 bits per heavy atom. The zero-order chi connectivity index (χ0) is 16.1. The molecule has 0 bridgehead atoms. The van der Waals surface area contributed by atoms with Gasteiger partial charge in [-0.3, -0.25) is 9.48 Å². The highest BCUT2D eigenvalue weighted by molar-refractivity contribution is 5.95. The van der Waals surface area contributed by atoms with E-state index in [2.05, 4.69) is 36.1 Å². The van der Waals surface area contributed by atoms with Crippen molar-refractivity contribution in [3.05, 3.63) is 17.5 Å². The van der Waals surface area contributed by atoms with Gasteiger partial charge >= 0.3 is 0 Å². The number of hydrogen-bond acceptors (Lipinski definition) is 3. The standard InChI is InChI=1S/C17H30N4O/c1-5-10-20(15-6-8-18-9-7-15)17(22)16-11-19-21(14(16)4)12-13(2)3/h11,13,15,18H,5-10,12H2,1-4H3. The van der Waals surface area contributed by atoms with Gasteiger partial charge in [0.1, 0.15) is 0 Å². The van der Waals surface area contributed by atoms with Gasteiger partial charge in [0, 0.05) is 24.8 Å². The number of hydrogen-bond donors (Lipinski definition) is 1. The van der Waals surface area contributed by atoms with Crippen LogP contribution in [0.5, 0.6) is 0 Å². The van der Waals surface area contributed by atoms with Crippen molar-refractivity contribution in [2.45, 2.75) is 59.5 Å². The fraction of sp³-hybridized carbons (Fsp3) is 0.765. The summed E-state index contributed by atoms with van der Waals surface area (Å²) in [5.74, 6) is 0.680. The number of nitrogens with zero attached hydrogens (tertiary/aromatic N) is 3. The molecular formula is C17H30N4O. The van der Waals surface area contributed by atoms with Crippen LogP contribution >= 0.6 is 0 Å². The highest BCUT2D eigenvalue weighted by atomic mass is 16.2. The van der Waals surface area contributed by atoms with Gasteiger partial charge in [-0.05, 0) is 45.2 Å². The molecule has 0 saturated carbocycles. The first-order valence-electron chi connectivity index (χ1n) is 8.58. The lowest BCUT2D eigenvalue weighted by Gasteiger charge is -2.34. The van der Waals surface area contributed by atoms with E-state index in [1.165, 1.54) is 0 Å².